The van der Waals surface area contributed by atoms with Crippen LogP contribution in [0.5, 0.6) is 0 Å². The van der Waals surface area contributed by atoms with Crippen LogP contribution >= 0.6 is 0 Å². The average Bonchev–Trinajstić information content (AvgIpc) is 2.67. The third kappa shape index (κ3) is 6.93. The number of Topliss-reactive ketones (excluding diaryl/α,β-unsaturated/α-hetero) is 1. The van der Waals surface area contributed by atoms with Crippen LogP contribution in [0.1, 0.15) is 33.6 Å². The molecule has 144 valence electrons. The zero-order chi connectivity index (χ0) is 19.7. The van der Waals surface area contributed by atoms with E-state index in [1.807, 2.05) is 6.07 Å². The number of rotatable bonds is 10. The van der Waals surface area contributed by atoms with E-state index in [0.29, 0.717) is 25.0 Å². The Hall–Kier alpha value is -2.55. The number of hydrogen-bond acceptors (Lipinski definition) is 6. The molecule has 0 bridgehead atoms. The summed E-state index contributed by atoms with van der Waals surface area (Å²) < 4.78 is 41.6. The Labute approximate surface area is 157 Å². The Bertz CT molecular complexity index is 876. The van der Waals surface area contributed by atoms with Gasteiger partial charge in [-0.25, -0.2) is 4.79 Å². The minimum Gasteiger partial charge on any atom is -0.462 e. The molecule has 7 nitrogen and oxygen atoms in total. The second-order valence-electron chi connectivity index (χ2n) is 5.69. The third-order valence-electron chi connectivity index (χ3n) is 3.61. The van der Waals surface area contributed by atoms with Gasteiger partial charge in [0.25, 0.3) is 10.1 Å². The number of benzene rings is 2. The summed E-state index contributed by atoms with van der Waals surface area (Å²) in [4.78, 5) is 23.4. The summed E-state index contributed by atoms with van der Waals surface area (Å²) in [5.41, 5.74) is 0.633. The van der Waals surface area contributed by atoms with Gasteiger partial charge in [0.05, 0.1) is 17.1 Å². The van der Waals surface area contributed by atoms with Gasteiger partial charge in [0, 0.05) is 12.2 Å². The van der Waals surface area contributed by atoms with E-state index in [0.717, 1.165) is 6.07 Å². The molecule has 0 saturated carbocycles. The normalized spacial score (nSPS) is 11.1. The van der Waals surface area contributed by atoms with E-state index in [-0.39, 0.29) is 29.6 Å². The third-order valence-corrected chi connectivity index (χ3v) is 4.46. The number of hydrogen-bond donors (Lipinski definition) is 1. The van der Waals surface area contributed by atoms with Crippen molar-refractivity contribution in [3.05, 3.63) is 65.7 Å². The van der Waals surface area contributed by atoms with Crippen LogP contribution in [0.4, 0.5) is 0 Å². The molecule has 1 N–H and O–H groups in total. The summed E-state index contributed by atoms with van der Waals surface area (Å²) in [5, 5.41) is 0. The quantitative estimate of drug-likeness (QED) is 0.287. The first-order chi connectivity index (χ1) is 12.9. The fourth-order valence-corrected chi connectivity index (χ4v) is 2.73. The average molecular weight is 392 g/mol. The standard InChI is InChI=1S/C19H20O7S/c20-18(16-9-6-10-17(13-16)27(22,23)24)14-25-11-4-5-12-26-19(21)15-7-2-1-3-8-15/h1-3,6-10,13H,4-5,11-12,14H2,(H,22,23,24). The molecule has 0 fully saturated rings. The van der Waals surface area contributed by atoms with Gasteiger partial charge in [-0.1, -0.05) is 30.3 Å². The maximum absolute atomic E-state index is 12.0. The smallest absolute Gasteiger partial charge is 0.338 e. The maximum atomic E-state index is 12.0. The lowest BCUT2D eigenvalue weighted by atomic mass is 10.1. The number of carbonyl (C=O) groups excluding carboxylic acids is 2. The highest BCUT2D eigenvalue weighted by Crippen LogP contribution is 2.12. The SMILES string of the molecule is O=C(COCCCCOC(=O)c1ccccc1)c1cccc(S(=O)(=O)O)c1. The Kier molecular flexibility index (Phi) is 7.66. The number of carbonyl (C=O) groups is 2. The van der Waals surface area contributed by atoms with Gasteiger partial charge in [-0.05, 0) is 37.1 Å². The first-order valence-electron chi connectivity index (χ1n) is 8.28. The topological polar surface area (TPSA) is 107 Å². The van der Waals surface area contributed by atoms with Crippen LogP contribution in [0.3, 0.4) is 0 Å². The van der Waals surface area contributed by atoms with Crippen molar-refractivity contribution in [2.75, 3.05) is 19.8 Å². The highest BCUT2D eigenvalue weighted by atomic mass is 32.2. The molecule has 0 amide bonds. The van der Waals surface area contributed by atoms with Gasteiger partial charge in [0.2, 0.25) is 0 Å². The van der Waals surface area contributed by atoms with Crippen molar-refractivity contribution in [2.45, 2.75) is 17.7 Å². The lowest BCUT2D eigenvalue weighted by Crippen LogP contribution is -2.11. The Balaban J connectivity index is 1.64. The van der Waals surface area contributed by atoms with E-state index in [1.54, 1.807) is 24.3 Å². The van der Waals surface area contributed by atoms with Crippen LogP contribution in [-0.4, -0.2) is 44.5 Å². The molecule has 0 spiro atoms. The van der Waals surface area contributed by atoms with Gasteiger partial charge in [0.15, 0.2) is 5.78 Å². The zero-order valence-electron chi connectivity index (χ0n) is 14.5. The molecule has 0 aliphatic carbocycles. The second-order valence-corrected chi connectivity index (χ2v) is 7.11. The molecule has 0 heterocycles. The van der Waals surface area contributed by atoms with Crippen molar-refractivity contribution >= 4 is 21.9 Å². The number of ether oxygens (including phenoxy) is 2. The molecule has 0 atom stereocenters. The Morgan fingerprint density at radius 3 is 2.26 bits per heavy atom. The lowest BCUT2D eigenvalue weighted by molar-refractivity contribution is 0.0481. The van der Waals surface area contributed by atoms with E-state index in [2.05, 4.69) is 0 Å². The largest absolute Gasteiger partial charge is 0.462 e. The van der Waals surface area contributed by atoms with Crippen molar-refractivity contribution < 1.29 is 32.0 Å². The fourth-order valence-electron chi connectivity index (χ4n) is 2.21. The highest BCUT2D eigenvalue weighted by molar-refractivity contribution is 7.85. The van der Waals surface area contributed by atoms with Crippen LogP contribution in [0.2, 0.25) is 0 Å². The zero-order valence-corrected chi connectivity index (χ0v) is 15.4. The predicted molar refractivity (Wildman–Crippen MR) is 97.4 cm³/mol. The summed E-state index contributed by atoms with van der Waals surface area (Å²) in [5.74, 6) is -0.776. The van der Waals surface area contributed by atoms with E-state index in [9.17, 15) is 18.0 Å². The van der Waals surface area contributed by atoms with Gasteiger partial charge >= 0.3 is 5.97 Å². The van der Waals surface area contributed by atoms with Gasteiger partial charge in [-0.3, -0.25) is 9.35 Å². The molecule has 2 aromatic rings. The molecule has 27 heavy (non-hydrogen) atoms. The molecule has 0 saturated heterocycles. The minimum absolute atomic E-state index is 0.141. The fraction of sp³-hybridized carbons (Fsp3) is 0.263. The molecule has 0 radical (unpaired) electrons. The van der Waals surface area contributed by atoms with Crippen LogP contribution in [0.25, 0.3) is 0 Å². The van der Waals surface area contributed by atoms with E-state index in [4.69, 9.17) is 14.0 Å². The summed E-state index contributed by atoms with van der Waals surface area (Å²) in [6.45, 7) is 0.340. The Morgan fingerprint density at radius 1 is 0.889 bits per heavy atom. The van der Waals surface area contributed by atoms with E-state index < -0.39 is 15.9 Å². The van der Waals surface area contributed by atoms with Gasteiger partial charge in [0.1, 0.15) is 6.61 Å². The molecule has 0 aliphatic rings. The summed E-state index contributed by atoms with van der Waals surface area (Å²) in [6, 6.07) is 13.8. The van der Waals surface area contributed by atoms with Crippen LogP contribution in [0.15, 0.2) is 59.5 Å². The number of unbranched alkanes of at least 4 members (excludes halogenated alkanes) is 1. The molecular weight excluding hydrogens is 372 g/mol. The minimum atomic E-state index is -4.36. The number of esters is 1. The van der Waals surface area contributed by atoms with E-state index in [1.165, 1.54) is 18.2 Å². The predicted octanol–water partition coefficient (Wildman–Crippen LogP) is 2.77. The van der Waals surface area contributed by atoms with Gasteiger partial charge in [-0.15, -0.1) is 0 Å². The van der Waals surface area contributed by atoms with Crippen LogP contribution in [0, 0.1) is 0 Å². The van der Waals surface area contributed by atoms with Crippen LogP contribution in [-0.2, 0) is 19.6 Å². The monoisotopic (exact) mass is 392 g/mol. The van der Waals surface area contributed by atoms with Crippen molar-refractivity contribution in [2.24, 2.45) is 0 Å². The molecular formula is C19H20O7S. The van der Waals surface area contributed by atoms with Crippen molar-refractivity contribution in [1.82, 2.24) is 0 Å². The van der Waals surface area contributed by atoms with Crippen molar-refractivity contribution in [1.29, 1.82) is 0 Å². The first kappa shape index (κ1) is 20.8. The first-order valence-corrected chi connectivity index (χ1v) is 9.72. The van der Waals surface area contributed by atoms with E-state index >= 15 is 0 Å². The second kappa shape index (κ2) is 9.96. The van der Waals surface area contributed by atoms with Crippen molar-refractivity contribution in [3.63, 3.8) is 0 Å². The van der Waals surface area contributed by atoms with Gasteiger partial charge < -0.3 is 9.47 Å². The van der Waals surface area contributed by atoms with Crippen molar-refractivity contribution in [3.8, 4) is 0 Å². The molecule has 0 aliphatic heterocycles. The molecule has 2 aromatic carbocycles. The van der Waals surface area contributed by atoms with Crippen LogP contribution < -0.4 is 0 Å². The molecule has 2 rings (SSSR count). The Morgan fingerprint density at radius 2 is 1.56 bits per heavy atom. The highest BCUT2D eigenvalue weighted by Gasteiger charge is 2.13. The number of ketones is 1. The van der Waals surface area contributed by atoms with Gasteiger partial charge in [-0.2, -0.15) is 8.42 Å². The molecule has 0 aromatic heterocycles. The lowest BCUT2D eigenvalue weighted by Gasteiger charge is -2.06. The summed E-state index contributed by atoms with van der Waals surface area (Å²) >= 11 is 0. The maximum Gasteiger partial charge on any atom is 0.338 e. The molecule has 0 unspecified atom stereocenters. The molecule has 8 heteroatoms. The summed E-state index contributed by atoms with van der Waals surface area (Å²) in [6.07, 6.45) is 1.19. The summed E-state index contributed by atoms with van der Waals surface area (Å²) in [7, 11) is -4.36.